The normalized spacial score (nSPS) is 18.4. The van der Waals surface area contributed by atoms with Gasteiger partial charge in [-0.2, -0.15) is 11.8 Å². The Hall–Kier alpha value is -1.76. The van der Waals surface area contributed by atoms with E-state index in [0.29, 0.717) is 36.1 Å². The van der Waals surface area contributed by atoms with Crippen LogP contribution >= 0.6 is 11.8 Å². The van der Waals surface area contributed by atoms with E-state index < -0.39 is 4.92 Å². The van der Waals surface area contributed by atoms with E-state index in [-0.39, 0.29) is 11.6 Å². The third kappa shape index (κ3) is 3.66. The lowest BCUT2D eigenvalue weighted by atomic mass is 10.1. The third-order valence-corrected chi connectivity index (χ3v) is 4.48. The molecule has 1 unspecified atom stereocenters. The SMILES string of the molecule is CCNc1ccc([N+](=O)[O-])cc1C(=O)N1CCSC(C)C1. The van der Waals surface area contributed by atoms with Crippen molar-refractivity contribution in [2.24, 2.45) is 0 Å². The molecule has 1 atom stereocenters. The number of nitro benzene ring substituents is 1. The fourth-order valence-corrected chi connectivity index (χ4v) is 3.35. The number of carbonyl (C=O) groups excluding carboxylic acids is 1. The molecule has 1 amide bonds. The fraction of sp³-hybridized carbons (Fsp3) is 0.500. The van der Waals surface area contributed by atoms with Gasteiger partial charge in [-0.05, 0) is 13.0 Å². The standard InChI is InChI=1S/C14H19N3O3S/c1-3-15-13-5-4-11(17(19)20)8-12(13)14(18)16-6-7-21-10(2)9-16/h4-5,8,10,15H,3,6-7,9H2,1-2H3. The smallest absolute Gasteiger partial charge is 0.270 e. The summed E-state index contributed by atoms with van der Waals surface area (Å²) < 4.78 is 0. The molecule has 6 nitrogen and oxygen atoms in total. The number of amides is 1. The Labute approximate surface area is 128 Å². The first-order valence-electron chi connectivity index (χ1n) is 6.96. The highest BCUT2D eigenvalue weighted by Crippen LogP contribution is 2.26. The van der Waals surface area contributed by atoms with Crippen LogP contribution in [0.25, 0.3) is 0 Å². The van der Waals surface area contributed by atoms with Crippen LogP contribution in [0.4, 0.5) is 11.4 Å². The maximum Gasteiger partial charge on any atom is 0.270 e. The van der Waals surface area contributed by atoms with Crippen LogP contribution in [0.5, 0.6) is 0 Å². The summed E-state index contributed by atoms with van der Waals surface area (Å²) in [6.07, 6.45) is 0. The molecular weight excluding hydrogens is 290 g/mol. The summed E-state index contributed by atoms with van der Waals surface area (Å²) in [5, 5.41) is 14.4. The largest absolute Gasteiger partial charge is 0.385 e. The van der Waals surface area contributed by atoms with Crippen molar-refractivity contribution in [1.82, 2.24) is 4.90 Å². The third-order valence-electron chi connectivity index (χ3n) is 3.34. The zero-order valence-corrected chi connectivity index (χ0v) is 13.0. The lowest BCUT2D eigenvalue weighted by Crippen LogP contribution is -2.41. The number of nitrogens with one attached hydrogen (secondary N) is 1. The second-order valence-corrected chi connectivity index (χ2v) is 6.50. The Kier molecular flexibility index (Phi) is 5.06. The lowest BCUT2D eigenvalue weighted by molar-refractivity contribution is -0.384. The van der Waals surface area contributed by atoms with Crippen LogP contribution in [0, 0.1) is 10.1 Å². The molecule has 1 N–H and O–H groups in total. The van der Waals surface area contributed by atoms with Crippen molar-refractivity contribution in [2.45, 2.75) is 19.1 Å². The van der Waals surface area contributed by atoms with E-state index in [1.165, 1.54) is 12.1 Å². The van der Waals surface area contributed by atoms with E-state index in [1.54, 1.807) is 11.0 Å². The molecule has 0 radical (unpaired) electrons. The average Bonchev–Trinajstić information content (AvgIpc) is 2.47. The molecule has 21 heavy (non-hydrogen) atoms. The molecule has 0 aromatic heterocycles. The Morgan fingerprint density at radius 3 is 2.95 bits per heavy atom. The van der Waals surface area contributed by atoms with E-state index in [1.807, 2.05) is 18.7 Å². The van der Waals surface area contributed by atoms with Gasteiger partial charge in [-0.1, -0.05) is 6.92 Å². The molecule has 1 aliphatic rings. The van der Waals surface area contributed by atoms with E-state index >= 15 is 0 Å². The van der Waals surface area contributed by atoms with Gasteiger partial charge in [-0.3, -0.25) is 14.9 Å². The number of rotatable bonds is 4. The minimum atomic E-state index is -0.471. The van der Waals surface area contributed by atoms with Gasteiger partial charge in [0.25, 0.3) is 11.6 Å². The zero-order chi connectivity index (χ0) is 15.4. The van der Waals surface area contributed by atoms with Crippen molar-refractivity contribution in [1.29, 1.82) is 0 Å². The number of thioether (sulfide) groups is 1. The highest BCUT2D eigenvalue weighted by Gasteiger charge is 2.25. The molecule has 7 heteroatoms. The van der Waals surface area contributed by atoms with E-state index in [0.717, 1.165) is 5.75 Å². The molecule has 0 aliphatic carbocycles. The van der Waals surface area contributed by atoms with Gasteiger partial charge in [0, 0.05) is 48.5 Å². The Morgan fingerprint density at radius 2 is 2.33 bits per heavy atom. The van der Waals surface area contributed by atoms with Crippen molar-refractivity contribution in [3.8, 4) is 0 Å². The predicted molar refractivity (Wildman–Crippen MR) is 85.1 cm³/mol. The van der Waals surface area contributed by atoms with Gasteiger partial charge in [0.1, 0.15) is 0 Å². The summed E-state index contributed by atoms with van der Waals surface area (Å²) in [7, 11) is 0. The zero-order valence-electron chi connectivity index (χ0n) is 12.2. The first kappa shape index (κ1) is 15.6. The summed E-state index contributed by atoms with van der Waals surface area (Å²) in [4.78, 5) is 24.9. The Balaban J connectivity index is 2.32. The summed E-state index contributed by atoms with van der Waals surface area (Å²) in [5.41, 5.74) is 0.976. The number of hydrogen-bond donors (Lipinski definition) is 1. The van der Waals surface area contributed by atoms with E-state index in [4.69, 9.17) is 0 Å². The molecular formula is C14H19N3O3S. The Bertz CT molecular complexity index is 550. The first-order valence-corrected chi connectivity index (χ1v) is 8.01. The predicted octanol–water partition coefficient (Wildman–Crippen LogP) is 2.60. The van der Waals surface area contributed by atoms with Crippen molar-refractivity contribution in [3.63, 3.8) is 0 Å². The van der Waals surface area contributed by atoms with Crippen molar-refractivity contribution >= 4 is 29.0 Å². The van der Waals surface area contributed by atoms with Crippen LogP contribution < -0.4 is 5.32 Å². The number of nitro groups is 1. The quantitative estimate of drug-likeness (QED) is 0.683. The highest BCUT2D eigenvalue weighted by atomic mass is 32.2. The molecule has 0 saturated carbocycles. The fourth-order valence-electron chi connectivity index (χ4n) is 2.34. The second-order valence-electron chi connectivity index (χ2n) is 4.95. The maximum atomic E-state index is 12.7. The highest BCUT2D eigenvalue weighted by molar-refractivity contribution is 7.99. The lowest BCUT2D eigenvalue weighted by Gasteiger charge is -2.31. The summed E-state index contributed by atoms with van der Waals surface area (Å²) in [5.74, 6) is 0.764. The molecule has 0 spiro atoms. The van der Waals surface area contributed by atoms with E-state index in [2.05, 4.69) is 12.2 Å². The molecule has 1 aromatic carbocycles. The molecule has 114 valence electrons. The molecule has 1 fully saturated rings. The minimum absolute atomic E-state index is 0.0561. The number of benzene rings is 1. The van der Waals surface area contributed by atoms with Crippen molar-refractivity contribution < 1.29 is 9.72 Å². The van der Waals surface area contributed by atoms with Gasteiger partial charge in [0.05, 0.1) is 10.5 Å². The van der Waals surface area contributed by atoms with E-state index in [9.17, 15) is 14.9 Å². The van der Waals surface area contributed by atoms with Gasteiger partial charge in [0.15, 0.2) is 0 Å². The van der Waals surface area contributed by atoms with Gasteiger partial charge in [0.2, 0.25) is 0 Å². The van der Waals surface area contributed by atoms with Crippen LogP contribution in [0.2, 0.25) is 0 Å². The summed E-state index contributed by atoms with van der Waals surface area (Å²) >= 11 is 1.84. The molecule has 2 rings (SSSR count). The number of hydrogen-bond acceptors (Lipinski definition) is 5. The second kappa shape index (κ2) is 6.80. The van der Waals surface area contributed by atoms with Crippen LogP contribution in [-0.2, 0) is 0 Å². The van der Waals surface area contributed by atoms with Crippen LogP contribution in [0.1, 0.15) is 24.2 Å². The minimum Gasteiger partial charge on any atom is -0.385 e. The molecule has 1 saturated heterocycles. The maximum absolute atomic E-state index is 12.7. The van der Waals surface area contributed by atoms with Crippen molar-refractivity contribution in [3.05, 3.63) is 33.9 Å². The van der Waals surface area contributed by atoms with Gasteiger partial charge in [-0.25, -0.2) is 0 Å². The molecule has 0 bridgehead atoms. The average molecular weight is 309 g/mol. The van der Waals surface area contributed by atoms with Crippen LogP contribution in [-0.4, -0.2) is 46.4 Å². The molecule has 1 aliphatic heterocycles. The number of anilines is 1. The number of non-ortho nitro benzene ring substituents is 1. The number of nitrogens with zero attached hydrogens (tertiary/aromatic N) is 2. The Morgan fingerprint density at radius 1 is 1.57 bits per heavy atom. The first-order chi connectivity index (χ1) is 10.0. The van der Waals surface area contributed by atoms with Gasteiger partial charge < -0.3 is 10.2 Å². The monoisotopic (exact) mass is 309 g/mol. The number of carbonyl (C=O) groups is 1. The van der Waals surface area contributed by atoms with Crippen molar-refractivity contribution in [2.75, 3.05) is 30.7 Å². The summed E-state index contributed by atoms with van der Waals surface area (Å²) in [6, 6.07) is 4.40. The van der Waals surface area contributed by atoms with Gasteiger partial charge in [-0.15, -0.1) is 0 Å². The van der Waals surface area contributed by atoms with Crippen LogP contribution in [0.15, 0.2) is 18.2 Å². The summed E-state index contributed by atoms with van der Waals surface area (Å²) in [6.45, 7) is 6.03. The molecule has 1 heterocycles. The molecule has 1 aromatic rings. The van der Waals surface area contributed by atoms with Crippen LogP contribution in [0.3, 0.4) is 0 Å². The topological polar surface area (TPSA) is 75.5 Å². The van der Waals surface area contributed by atoms with Gasteiger partial charge >= 0.3 is 0 Å².